The Bertz CT molecular complexity index is 977. The monoisotopic (exact) mass is 462 g/mol. The number of carbonyl (C=O) groups is 3. The summed E-state index contributed by atoms with van der Waals surface area (Å²) >= 11 is 0. The molecule has 0 aromatic heterocycles. The maximum absolute atomic E-state index is 13.0. The van der Waals surface area contributed by atoms with Gasteiger partial charge in [0.15, 0.2) is 5.78 Å². The number of hydrogen-bond donors (Lipinski definition) is 3. The van der Waals surface area contributed by atoms with Crippen molar-refractivity contribution in [3.8, 4) is 0 Å². The molecule has 2 fully saturated rings. The van der Waals surface area contributed by atoms with E-state index in [1.807, 2.05) is 0 Å². The van der Waals surface area contributed by atoms with Gasteiger partial charge in [-0.2, -0.15) is 0 Å². The van der Waals surface area contributed by atoms with Crippen molar-refractivity contribution in [2.45, 2.75) is 76.8 Å². The molecule has 4 aliphatic carbocycles. The summed E-state index contributed by atoms with van der Waals surface area (Å²) in [5.74, 6) is -4.63. The highest BCUT2D eigenvalue weighted by Gasteiger charge is 2.85. The molecule has 4 rings (SSSR count). The Hall–Kier alpha value is -2.03. The topological polar surface area (TPSA) is 130 Å². The summed E-state index contributed by atoms with van der Waals surface area (Å²) in [6.07, 6.45) is 3.43. The predicted octanol–water partition coefficient (Wildman–Crippen LogP) is 1.46. The first-order valence-corrected chi connectivity index (χ1v) is 11.6. The summed E-state index contributed by atoms with van der Waals surface area (Å²) in [5.41, 5.74) is -5.22. The van der Waals surface area contributed by atoms with Gasteiger partial charge in [0, 0.05) is 31.1 Å². The first-order valence-electron chi connectivity index (χ1n) is 11.6. The standard InChI is InChI=1S/C25H34O8/c1-12(2)21(28)33-24-9-14(4)25(31)17(19(24)22(24,6)29)8-16(11-32-15(5)26)10-23(30)18(25)7-13(3)20(23)27/h7-8,12,14,17-19,29-31H,9-11H2,1-6H3/t14-,17+,18-,19-,22?,23-,24+,25-/m1/s1. The number of ether oxygens (including phenoxy) is 2. The van der Waals surface area contributed by atoms with Crippen LogP contribution in [0.15, 0.2) is 23.3 Å². The number of hydrogen-bond acceptors (Lipinski definition) is 8. The van der Waals surface area contributed by atoms with E-state index < -0.39 is 63.8 Å². The van der Waals surface area contributed by atoms with Crippen molar-refractivity contribution in [3.05, 3.63) is 23.3 Å². The summed E-state index contributed by atoms with van der Waals surface area (Å²) in [5, 5.41) is 35.2. The van der Waals surface area contributed by atoms with Crippen molar-refractivity contribution < 1.29 is 39.2 Å². The van der Waals surface area contributed by atoms with Crippen LogP contribution < -0.4 is 0 Å². The van der Waals surface area contributed by atoms with E-state index in [0.717, 1.165) is 0 Å². The Balaban J connectivity index is 1.84. The van der Waals surface area contributed by atoms with Gasteiger partial charge in [-0.25, -0.2) is 0 Å². The van der Waals surface area contributed by atoms with Gasteiger partial charge in [-0.05, 0) is 37.3 Å². The molecule has 8 heteroatoms. The molecule has 0 amide bonds. The summed E-state index contributed by atoms with van der Waals surface area (Å²) in [4.78, 5) is 37.1. The highest BCUT2D eigenvalue weighted by molar-refractivity contribution is 6.04. The van der Waals surface area contributed by atoms with E-state index in [-0.39, 0.29) is 25.4 Å². The summed E-state index contributed by atoms with van der Waals surface area (Å²) in [6.45, 7) is 9.55. The minimum Gasteiger partial charge on any atom is -0.461 e. The van der Waals surface area contributed by atoms with Crippen LogP contribution in [0.4, 0.5) is 0 Å². The molecule has 0 aliphatic heterocycles. The van der Waals surface area contributed by atoms with Crippen LogP contribution in [0.2, 0.25) is 0 Å². The molecule has 3 N–H and O–H groups in total. The van der Waals surface area contributed by atoms with Crippen molar-refractivity contribution in [1.29, 1.82) is 0 Å². The molecule has 2 saturated carbocycles. The third-order valence-electron chi connectivity index (χ3n) is 8.48. The molecule has 0 heterocycles. The molecular weight excluding hydrogens is 428 g/mol. The second kappa shape index (κ2) is 7.23. The molecule has 0 aromatic rings. The summed E-state index contributed by atoms with van der Waals surface area (Å²) < 4.78 is 11.1. The van der Waals surface area contributed by atoms with Gasteiger partial charge in [-0.1, -0.05) is 32.9 Å². The van der Waals surface area contributed by atoms with Crippen LogP contribution in [0.3, 0.4) is 0 Å². The van der Waals surface area contributed by atoms with Gasteiger partial charge < -0.3 is 24.8 Å². The smallest absolute Gasteiger partial charge is 0.309 e. The quantitative estimate of drug-likeness (QED) is 0.423. The lowest BCUT2D eigenvalue weighted by Gasteiger charge is -2.50. The van der Waals surface area contributed by atoms with E-state index in [0.29, 0.717) is 11.1 Å². The molecule has 182 valence electrons. The molecule has 8 atom stereocenters. The van der Waals surface area contributed by atoms with E-state index in [9.17, 15) is 29.7 Å². The van der Waals surface area contributed by atoms with Crippen molar-refractivity contribution in [2.75, 3.05) is 6.61 Å². The number of ketones is 1. The van der Waals surface area contributed by atoms with Crippen molar-refractivity contribution >= 4 is 17.7 Å². The number of Topliss-reactive ketones (excluding diaryl/α,β-unsaturated/α-hetero) is 1. The molecule has 0 bridgehead atoms. The Morgan fingerprint density at radius 1 is 1.21 bits per heavy atom. The fourth-order valence-electron chi connectivity index (χ4n) is 6.72. The Morgan fingerprint density at radius 2 is 1.85 bits per heavy atom. The van der Waals surface area contributed by atoms with Crippen LogP contribution in [0.1, 0.15) is 54.4 Å². The number of carbonyl (C=O) groups excluding carboxylic acids is 3. The molecule has 0 aromatic carbocycles. The average Bonchev–Trinajstić information content (AvgIpc) is 3.11. The summed E-state index contributed by atoms with van der Waals surface area (Å²) in [6, 6.07) is 0. The van der Waals surface area contributed by atoms with Crippen molar-refractivity contribution in [3.63, 3.8) is 0 Å². The van der Waals surface area contributed by atoms with Gasteiger partial charge in [0.05, 0.1) is 11.5 Å². The van der Waals surface area contributed by atoms with Crippen LogP contribution in [0, 0.1) is 29.6 Å². The minimum absolute atomic E-state index is 0.100. The Kier molecular flexibility index (Phi) is 5.28. The van der Waals surface area contributed by atoms with E-state index in [4.69, 9.17) is 9.47 Å². The highest BCUT2D eigenvalue weighted by Crippen LogP contribution is 2.72. The van der Waals surface area contributed by atoms with Gasteiger partial charge in [0.1, 0.15) is 23.4 Å². The molecule has 0 saturated heterocycles. The van der Waals surface area contributed by atoms with E-state index in [1.54, 1.807) is 46.8 Å². The molecule has 4 aliphatic rings. The van der Waals surface area contributed by atoms with Crippen molar-refractivity contribution in [1.82, 2.24) is 0 Å². The van der Waals surface area contributed by atoms with Gasteiger partial charge >= 0.3 is 11.9 Å². The van der Waals surface area contributed by atoms with E-state index in [1.165, 1.54) is 6.92 Å². The van der Waals surface area contributed by atoms with Gasteiger partial charge in [-0.15, -0.1) is 0 Å². The molecule has 8 nitrogen and oxygen atoms in total. The molecular formula is C25H34O8. The van der Waals surface area contributed by atoms with Gasteiger partial charge in [0.25, 0.3) is 0 Å². The number of fused-ring (bicyclic) bond motifs is 5. The summed E-state index contributed by atoms with van der Waals surface area (Å²) in [7, 11) is 0. The molecule has 1 unspecified atom stereocenters. The second-order valence-corrected chi connectivity index (χ2v) is 11.0. The fraction of sp³-hybridized carbons (Fsp3) is 0.720. The van der Waals surface area contributed by atoms with Gasteiger partial charge in [0.2, 0.25) is 0 Å². The third kappa shape index (κ3) is 3.10. The zero-order valence-electron chi connectivity index (χ0n) is 20.0. The average molecular weight is 463 g/mol. The number of aliphatic hydroxyl groups is 3. The van der Waals surface area contributed by atoms with Gasteiger partial charge in [-0.3, -0.25) is 14.4 Å². The molecule has 0 spiro atoms. The first kappa shape index (κ1) is 24.1. The Labute approximate surface area is 193 Å². The van der Waals surface area contributed by atoms with E-state index >= 15 is 0 Å². The maximum Gasteiger partial charge on any atom is 0.309 e. The zero-order valence-corrected chi connectivity index (χ0v) is 20.0. The Morgan fingerprint density at radius 3 is 2.42 bits per heavy atom. The molecule has 33 heavy (non-hydrogen) atoms. The predicted molar refractivity (Wildman–Crippen MR) is 117 cm³/mol. The number of esters is 2. The minimum atomic E-state index is -1.89. The molecule has 0 radical (unpaired) electrons. The normalized spacial score (nSPS) is 45.8. The van der Waals surface area contributed by atoms with Crippen LogP contribution in [-0.4, -0.2) is 62.1 Å². The zero-order chi connectivity index (χ0) is 24.7. The number of rotatable bonds is 4. The maximum atomic E-state index is 13.0. The second-order valence-electron chi connectivity index (χ2n) is 11.0. The third-order valence-corrected chi connectivity index (χ3v) is 8.48. The van der Waals surface area contributed by atoms with Crippen LogP contribution in [0.5, 0.6) is 0 Å². The van der Waals surface area contributed by atoms with Crippen LogP contribution in [0.25, 0.3) is 0 Å². The van der Waals surface area contributed by atoms with Crippen LogP contribution >= 0.6 is 0 Å². The lowest BCUT2D eigenvalue weighted by molar-refractivity contribution is -0.189. The first-order chi connectivity index (χ1) is 15.1. The highest BCUT2D eigenvalue weighted by atomic mass is 16.6. The van der Waals surface area contributed by atoms with Crippen molar-refractivity contribution in [2.24, 2.45) is 29.6 Å². The fourth-order valence-corrected chi connectivity index (χ4v) is 6.72. The lowest BCUT2D eigenvalue weighted by Crippen LogP contribution is -2.61. The largest absolute Gasteiger partial charge is 0.461 e. The van der Waals surface area contributed by atoms with E-state index in [2.05, 4.69) is 0 Å². The SMILES string of the molecule is CC(=O)OCC1=C[C@H]2[C@@H]3C(C)(O)[C@]3(OC(=O)C(C)C)C[C@@H](C)[C@]2(O)[C@@H]2C=C(C)C(=O)[C@@]2(O)C1. The lowest BCUT2D eigenvalue weighted by atomic mass is 9.60. The van der Waals surface area contributed by atoms with Crippen LogP contribution in [-0.2, 0) is 23.9 Å².